The van der Waals surface area contributed by atoms with E-state index < -0.39 is 0 Å². The van der Waals surface area contributed by atoms with Crippen LogP contribution in [0.15, 0.2) is 29.8 Å². The minimum absolute atomic E-state index is 0.609. The van der Waals surface area contributed by atoms with Gasteiger partial charge < -0.3 is 10.3 Å². The maximum atomic E-state index is 4.81. The molecule has 0 aliphatic heterocycles. The zero-order chi connectivity index (χ0) is 14.9. The van der Waals surface area contributed by atoms with Gasteiger partial charge in [0.1, 0.15) is 0 Å². The number of nitrogens with one attached hydrogen (secondary N) is 2. The molecule has 2 aromatic heterocycles. The van der Waals surface area contributed by atoms with Crippen LogP contribution in [-0.2, 0) is 0 Å². The number of aryl methyl sites for hydroxylation is 1. The SMILES string of the molecule is Cc1ccc2[nH]cc(-c3csc(NC4CCCCC4)n3)c2c1. The Bertz CT molecular complexity index is 781. The second-order valence-corrected chi connectivity index (χ2v) is 7.13. The number of aromatic amines is 1. The molecule has 0 atom stereocenters. The Morgan fingerprint density at radius 2 is 2.09 bits per heavy atom. The van der Waals surface area contributed by atoms with Gasteiger partial charge >= 0.3 is 0 Å². The molecule has 3 aromatic rings. The number of thiazole rings is 1. The van der Waals surface area contributed by atoms with Gasteiger partial charge in [-0.15, -0.1) is 11.3 Å². The van der Waals surface area contributed by atoms with Crippen molar-refractivity contribution in [3.05, 3.63) is 35.3 Å². The molecule has 0 saturated heterocycles. The average molecular weight is 311 g/mol. The monoisotopic (exact) mass is 311 g/mol. The van der Waals surface area contributed by atoms with Crippen molar-refractivity contribution in [2.75, 3.05) is 5.32 Å². The van der Waals surface area contributed by atoms with Crippen molar-refractivity contribution in [2.24, 2.45) is 0 Å². The summed E-state index contributed by atoms with van der Waals surface area (Å²) in [6, 6.07) is 7.12. The van der Waals surface area contributed by atoms with E-state index in [0.29, 0.717) is 6.04 Å². The molecular weight excluding hydrogens is 290 g/mol. The summed E-state index contributed by atoms with van der Waals surface area (Å²) < 4.78 is 0. The number of aromatic nitrogens is 2. The Labute approximate surface area is 134 Å². The normalized spacial score (nSPS) is 16.2. The van der Waals surface area contributed by atoms with E-state index in [0.717, 1.165) is 10.8 Å². The third kappa shape index (κ3) is 2.63. The molecule has 4 heteroatoms. The Morgan fingerprint density at radius 1 is 1.23 bits per heavy atom. The van der Waals surface area contributed by atoms with Crippen molar-refractivity contribution < 1.29 is 0 Å². The van der Waals surface area contributed by atoms with Crippen LogP contribution < -0.4 is 5.32 Å². The second kappa shape index (κ2) is 5.76. The molecule has 1 aromatic carbocycles. The molecule has 3 nitrogen and oxygen atoms in total. The van der Waals surface area contributed by atoms with Crippen LogP contribution >= 0.6 is 11.3 Å². The summed E-state index contributed by atoms with van der Waals surface area (Å²) in [4.78, 5) is 8.16. The van der Waals surface area contributed by atoms with Gasteiger partial charge in [0.2, 0.25) is 0 Å². The van der Waals surface area contributed by atoms with Crippen LogP contribution in [0.3, 0.4) is 0 Å². The first kappa shape index (κ1) is 13.8. The van der Waals surface area contributed by atoms with Crippen molar-refractivity contribution in [1.29, 1.82) is 0 Å². The third-order valence-electron chi connectivity index (χ3n) is 4.55. The molecule has 0 radical (unpaired) electrons. The van der Waals surface area contributed by atoms with E-state index in [9.17, 15) is 0 Å². The van der Waals surface area contributed by atoms with E-state index in [1.807, 2.05) is 0 Å². The molecule has 1 fully saturated rings. The molecule has 2 N–H and O–H groups in total. The van der Waals surface area contributed by atoms with Crippen LogP contribution in [0.2, 0.25) is 0 Å². The molecule has 2 heterocycles. The average Bonchev–Trinajstić information content (AvgIpc) is 3.14. The minimum atomic E-state index is 0.609. The first-order chi connectivity index (χ1) is 10.8. The van der Waals surface area contributed by atoms with E-state index in [2.05, 4.69) is 47.0 Å². The van der Waals surface area contributed by atoms with Crippen LogP contribution in [0, 0.1) is 6.92 Å². The topological polar surface area (TPSA) is 40.7 Å². The maximum Gasteiger partial charge on any atom is 0.183 e. The number of H-pyrrole nitrogens is 1. The van der Waals surface area contributed by atoms with Crippen LogP contribution in [0.1, 0.15) is 37.7 Å². The minimum Gasteiger partial charge on any atom is -0.360 e. The molecule has 0 bridgehead atoms. The zero-order valence-electron chi connectivity index (χ0n) is 12.9. The maximum absolute atomic E-state index is 4.81. The predicted molar refractivity (Wildman–Crippen MR) is 94.6 cm³/mol. The summed E-state index contributed by atoms with van der Waals surface area (Å²) in [6.45, 7) is 2.13. The highest BCUT2D eigenvalue weighted by atomic mass is 32.1. The molecule has 0 spiro atoms. The van der Waals surface area contributed by atoms with Crippen LogP contribution in [-0.4, -0.2) is 16.0 Å². The summed E-state index contributed by atoms with van der Waals surface area (Å²) in [5.74, 6) is 0. The number of rotatable bonds is 3. The lowest BCUT2D eigenvalue weighted by Crippen LogP contribution is -2.21. The van der Waals surface area contributed by atoms with Crippen molar-refractivity contribution in [1.82, 2.24) is 9.97 Å². The van der Waals surface area contributed by atoms with Crippen molar-refractivity contribution >= 4 is 27.4 Å². The zero-order valence-corrected chi connectivity index (χ0v) is 13.7. The highest BCUT2D eigenvalue weighted by Gasteiger charge is 2.15. The van der Waals surface area contributed by atoms with Gasteiger partial charge in [-0.3, -0.25) is 0 Å². The molecule has 4 rings (SSSR count). The molecule has 0 unspecified atom stereocenters. The summed E-state index contributed by atoms with van der Waals surface area (Å²) >= 11 is 1.72. The predicted octanol–water partition coefficient (Wildman–Crippen LogP) is 5.34. The fraction of sp³-hybridized carbons (Fsp3) is 0.389. The number of fused-ring (bicyclic) bond motifs is 1. The number of nitrogens with zero attached hydrogens (tertiary/aromatic N) is 1. The Morgan fingerprint density at radius 3 is 2.95 bits per heavy atom. The molecule has 22 heavy (non-hydrogen) atoms. The van der Waals surface area contributed by atoms with Gasteiger partial charge in [0.25, 0.3) is 0 Å². The lowest BCUT2D eigenvalue weighted by Gasteiger charge is -2.22. The van der Waals surface area contributed by atoms with Crippen LogP contribution in [0.5, 0.6) is 0 Å². The Kier molecular flexibility index (Phi) is 3.62. The highest BCUT2D eigenvalue weighted by molar-refractivity contribution is 7.14. The quantitative estimate of drug-likeness (QED) is 0.685. The van der Waals surface area contributed by atoms with Crippen molar-refractivity contribution in [2.45, 2.75) is 45.1 Å². The summed E-state index contributed by atoms with van der Waals surface area (Å²) in [5, 5.41) is 8.10. The fourth-order valence-electron chi connectivity index (χ4n) is 3.33. The third-order valence-corrected chi connectivity index (χ3v) is 5.32. The lowest BCUT2D eigenvalue weighted by atomic mass is 9.96. The largest absolute Gasteiger partial charge is 0.360 e. The van der Waals surface area contributed by atoms with E-state index in [1.165, 1.54) is 54.1 Å². The Balaban J connectivity index is 1.61. The van der Waals surface area contributed by atoms with E-state index in [4.69, 9.17) is 4.98 Å². The van der Waals surface area contributed by atoms with Gasteiger partial charge in [-0.2, -0.15) is 0 Å². The van der Waals surface area contributed by atoms with Gasteiger partial charge in [0, 0.05) is 34.1 Å². The van der Waals surface area contributed by atoms with Gasteiger partial charge in [0.15, 0.2) is 5.13 Å². The molecule has 1 aliphatic carbocycles. The number of hydrogen-bond donors (Lipinski definition) is 2. The molecule has 1 aliphatic rings. The number of benzene rings is 1. The van der Waals surface area contributed by atoms with Crippen LogP contribution in [0.25, 0.3) is 22.2 Å². The highest BCUT2D eigenvalue weighted by Crippen LogP contribution is 2.32. The van der Waals surface area contributed by atoms with E-state index in [1.54, 1.807) is 11.3 Å². The number of hydrogen-bond acceptors (Lipinski definition) is 3. The summed E-state index contributed by atoms with van der Waals surface area (Å²) in [5.41, 5.74) is 4.73. The van der Waals surface area contributed by atoms with Gasteiger partial charge in [-0.05, 0) is 31.9 Å². The molecular formula is C18H21N3S. The van der Waals surface area contributed by atoms with Crippen molar-refractivity contribution in [3.8, 4) is 11.3 Å². The Hall–Kier alpha value is -1.81. The second-order valence-electron chi connectivity index (χ2n) is 6.27. The summed E-state index contributed by atoms with van der Waals surface area (Å²) in [6.07, 6.45) is 8.71. The molecule has 1 saturated carbocycles. The van der Waals surface area contributed by atoms with E-state index in [-0.39, 0.29) is 0 Å². The fourth-order valence-corrected chi connectivity index (χ4v) is 4.12. The first-order valence-corrected chi connectivity index (χ1v) is 8.98. The first-order valence-electron chi connectivity index (χ1n) is 8.10. The van der Waals surface area contributed by atoms with Gasteiger partial charge in [0.05, 0.1) is 5.69 Å². The smallest absolute Gasteiger partial charge is 0.183 e. The summed E-state index contributed by atoms with van der Waals surface area (Å²) in [7, 11) is 0. The molecule has 114 valence electrons. The van der Waals surface area contributed by atoms with Gasteiger partial charge in [-0.1, -0.05) is 30.9 Å². The van der Waals surface area contributed by atoms with E-state index >= 15 is 0 Å². The van der Waals surface area contributed by atoms with Gasteiger partial charge in [-0.25, -0.2) is 4.98 Å². The standard InChI is InChI=1S/C18H21N3S/c1-12-7-8-16-14(9-12)15(10-19-16)17-11-22-18(21-17)20-13-5-3-2-4-6-13/h7-11,13,19H,2-6H2,1H3,(H,20,21). The molecule has 0 amide bonds. The van der Waals surface area contributed by atoms with Crippen LogP contribution in [0.4, 0.5) is 5.13 Å². The number of anilines is 1. The lowest BCUT2D eigenvalue weighted by molar-refractivity contribution is 0.462. The van der Waals surface area contributed by atoms with Crippen molar-refractivity contribution in [3.63, 3.8) is 0 Å².